The number of sulfone groups is 1. The fourth-order valence-electron chi connectivity index (χ4n) is 3.79. The van der Waals surface area contributed by atoms with E-state index in [0.717, 1.165) is 13.0 Å². The number of rotatable bonds is 5. The lowest BCUT2D eigenvalue weighted by atomic mass is 10.0. The standard InChI is InChI=1S/C16H24N4O4S/c1-2-7-19-8-9-20(14-11-25(23,24)10-13(14)19)16(22)6-4-12-3-5-15(21)18-17-12/h3,5,13-14H,2,4,6-11H2,1H3,(H,18,21)/t13-,14+/m1/s1. The van der Waals surface area contributed by atoms with E-state index in [9.17, 15) is 18.0 Å². The third kappa shape index (κ3) is 4.09. The van der Waals surface area contributed by atoms with Gasteiger partial charge in [-0.1, -0.05) is 6.92 Å². The van der Waals surface area contributed by atoms with Crippen molar-refractivity contribution < 1.29 is 13.2 Å². The molecule has 3 rings (SSSR count). The summed E-state index contributed by atoms with van der Waals surface area (Å²) in [5.41, 5.74) is 0.370. The number of carbonyl (C=O) groups is 1. The van der Waals surface area contributed by atoms with Gasteiger partial charge in [0.15, 0.2) is 9.84 Å². The molecule has 0 aromatic carbocycles. The summed E-state index contributed by atoms with van der Waals surface area (Å²) >= 11 is 0. The molecule has 0 saturated carbocycles. The predicted molar refractivity (Wildman–Crippen MR) is 93.0 cm³/mol. The van der Waals surface area contributed by atoms with Crippen molar-refractivity contribution >= 4 is 15.7 Å². The second-order valence-corrected chi connectivity index (χ2v) is 8.90. The summed E-state index contributed by atoms with van der Waals surface area (Å²) in [5, 5.41) is 6.26. The molecule has 1 amide bonds. The molecule has 1 N–H and O–H groups in total. The fourth-order valence-corrected chi connectivity index (χ4v) is 5.80. The van der Waals surface area contributed by atoms with E-state index < -0.39 is 9.84 Å². The number of nitrogens with one attached hydrogen (secondary N) is 1. The highest BCUT2D eigenvalue weighted by molar-refractivity contribution is 7.91. The molecule has 2 atom stereocenters. The van der Waals surface area contributed by atoms with Gasteiger partial charge in [0, 0.05) is 38.0 Å². The number of piperazine rings is 1. The minimum Gasteiger partial charge on any atom is -0.336 e. The third-order valence-electron chi connectivity index (χ3n) is 4.95. The summed E-state index contributed by atoms with van der Waals surface area (Å²) in [6.45, 7) is 4.22. The molecule has 0 spiro atoms. The molecule has 1 aromatic heterocycles. The van der Waals surface area contributed by atoms with Gasteiger partial charge >= 0.3 is 0 Å². The van der Waals surface area contributed by atoms with Gasteiger partial charge in [-0.3, -0.25) is 14.5 Å². The molecular weight excluding hydrogens is 344 g/mol. The van der Waals surface area contributed by atoms with Crippen molar-refractivity contribution in [3.8, 4) is 0 Å². The van der Waals surface area contributed by atoms with Gasteiger partial charge in [0.1, 0.15) is 0 Å². The van der Waals surface area contributed by atoms with E-state index >= 15 is 0 Å². The minimum atomic E-state index is -3.11. The smallest absolute Gasteiger partial charge is 0.264 e. The molecule has 0 unspecified atom stereocenters. The highest BCUT2D eigenvalue weighted by Gasteiger charge is 2.47. The Morgan fingerprint density at radius 3 is 2.72 bits per heavy atom. The molecule has 0 aliphatic carbocycles. The zero-order chi connectivity index (χ0) is 18.0. The third-order valence-corrected chi connectivity index (χ3v) is 6.65. The van der Waals surface area contributed by atoms with Gasteiger partial charge in [0.2, 0.25) is 5.91 Å². The van der Waals surface area contributed by atoms with Gasteiger partial charge in [-0.15, -0.1) is 0 Å². The van der Waals surface area contributed by atoms with Crippen molar-refractivity contribution in [2.75, 3.05) is 31.1 Å². The van der Waals surface area contributed by atoms with Crippen molar-refractivity contribution in [3.63, 3.8) is 0 Å². The Labute approximate surface area is 147 Å². The van der Waals surface area contributed by atoms with E-state index in [1.165, 1.54) is 6.07 Å². The first kappa shape index (κ1) is 18.1. The van der Waals surface area contributed by atoms with Crippen LogP contribution in [-0.4, -0.2) is 77.5 Å². The first-order chi connectivity index (χ1) is 11.9. The molecule has 9 heteroatoms. The van der Waals surface area contributed by atoms with Crippen LogP contribution in [-0.2, 0) is 21.1 Å². The molecule has 2 fully saturated rings. The van der Waals surface area contributed by atoms with Crippen molar-refractivity contribution in [3.05, 3.63) is 28.2 Å². The first-order valence-corrected chi connectivity index (χ1v) is 10.5. The molecule has 2 aliphatic rings. The zero-order valence-corrected chi connectivity index (χ0v) is 15.2. The topological polar surface area (TPSA) is 103 Å². The molecule has 8 nitrogen and oxygen atoms in total. The number of aromatic amines is 1. The lowest BCUT2D eigenvalue weighted by molar-refractivity contribution is -0.136. The van der Waals surface area contributed by atoms with Crippen LogP contribution in [0.1, 0.15) is 25.5 Å². The Kier molecular flexibility index (Phi) is 5.24. The molecule has 25 heavy (non-hydrogen) atoms. The van der Waals surface area contributed by atoms with Gasteiger partial charge in [-0.25, -0.2) is 13.5 Å². The van der Waals surface area contributed by atoms with Crippen LogP contribution in [0.2, 0.25) is 0 Å². The number of hydrogen-bond donors (Lipinski definition) is 1. The fraction of sp³-hybridized carbons (Fsp3) is 0.688. The highest BCUT2D eigenvalue weighted by Crippen LogP contribution is 2.27. The quantitative estimate of drug-likeness (QED) is 0.746. The van der Waals surface area contributed by atoms with Gasteiger partial charge in [-0.05, 0) is 19.0 Å². The SMILES string of the molecule is CCCN1CCN(C(=O)CCc2ccc(=O)[nH]n2)[C@H]2CS(=O)(=O)C[C@H]21. The van der Waals surface area contributed by atoms with E-state index in [4.69, 9.17) is 0 Å². The maximum Gasteiger partial charge on any atom is 0.264 e. The number of carbonyl (C=O) groups excluding carboxylic acids is 1. The molecule has 1 aromatic rings. The van der Waals surface area contributed by atoms with E-state index in [1.807, 2.05) is 0 Å². The van der Waals surface area contributed by atoms with Crippen LogP contribution in [0, 0.1) is 0 Å². The van der Waals surface area contributed by atoms with E-state index in [-0.39, 0.29) is 41.5 Å². The number of H-pyrrole nitrogens is 1. The average molecular weight is 368 g/mol. The molecule has 0 radical (unpaired) electrons. The molecule has 0 bridgehead atoms. The first-order valence-electron chi connectivity index (χ1n) is 8.68. The Bertz CT molecular complexity index is 771. The molecule has 2 aliphatic heterocycles. The average Bonchev–Trinajstić information content (AvgIpc) is 2.90. The van der Waals surface area contributed by atoms with E-state index in [0.29, 0.717) is 25.2 Å². The number of hydrogen-bond acceptors (Lipinski definition) is 6. The lowest BCUT2D eigenvalue weighted by Crippen LogP contribution is -2.60. The number of fused-ring (bicyclic) bond motifs is 1. The molecule has 3 heterocycles. The van der Waals surface area contributed by atoms with Crippen LogP contribution in [0.4, 0.5) is 0 Å². The number of aromatic nitrogens is 2. The number of amides is 1. The normalized spacial score (nSPS) is 25.7. The summed E-state index contributed by atoms with van der Waals surface area (Å²) in [4.78, 5) is 27.6. The summed E-state index contributed by atoms with van der Waals surface area (Å²) in [7, 11) is -3.11. The van der Waals surface area contributed by atoms with Crippen LogP contribution in [0.25, 0.3) is 0 Å². The van der Waals surface area contributed by atoms with Gasteiger partial charge in [0.05, 0.1) is 23.2 Å². The van der Waals surface area contributed by atoms with Crippen LogP contribution in [0.5, 0.6) is 0 Å². The molecular formula is C16H24N4O4S. The van der Waals surface area contributed by atoms with Crippen molar-refractivity contribution in [2.24, 2.45) is 0 Å². The Balaban J connectivity index is 1.67. The van der Waals surface area contributed by atoms with E-state index in [1.54, 1.807) is 11.0 Å². The van der Waals surface area contributed by atoms with Gasteiger partial charge in [-0.2, -0.15) is 5.10 Å². The van der Waals surface area contributed by atoms with E-state index in [2.05, 4.69) is 22.0 Å². The largest absolute Gasteiger partial charge is 0.336 e. The Morgan fingerprint density at radius 2 is 2.04 bits per heavy atom. The van der Waals surface area contributed by atoms with Gasteiger partial charge in [0.25, 0.3) is 5.56 Å². The van der Waals surface area contributed by atoms with Gasteiger partial charge < -0.3 is 4.90 Å². The molecule has 138 valence electrons. The number of nitrogens with zero attached hydrogens (tertiary/aromatic N) is 3. The second-order valence-electron chi connectivity index (χ2n) is 6.75. The molecule has 2 saturated heterocycles. The monoisotopic (exact) mass is 368 g/mol. The minimum absolute atomic E-state index is 0.0451. The highest BCUT2D eigenvalue weighted by atomic mass is 32.2. The maximum absolute atomic E-state index is 12.7. The van der Waals surface area contributed by atoms with Crippen LogP contribution < -0.4 is 5.56 Å². The van der Waals surface area contributed by atoms with Crippen LogP contribution >= 0.6 is 0 Å². The zero-order valence-electron chi connectivity index (χ0n) is 14.3. The Morgan fingerprint density at radius 1 is 1.28 bits per heavy atom. The van der Waals surface area contributed by atoms with Crippen molar-refractivity contribution in [2.45, 2.75) is 38.3 Å². The number of aryl methyl sites for hydroxylation is 1. The van der Waals surface area contributed by atoms with Crippen LogP contribution in [0.3, 0.4) is 0 Å². The second kappa shape index (κ2) is 7.25. The summed E-state index contributed by atoms with van der Waals surface area (Å²) in [6, 6.07) is 2.65. The van der Waals surface area contributed by atoms with Crippen LogP contribution in [0.15, 0.2) is 16.9 Å². The Hall–Kier alpha value is -1.74. The van der Waals surface area contributed by atoms with Crippen molar-refractivity contribution in [1.29, 1.82) is 0 Å². The predicted octanol–water partition coefficient (Wildman–Crippen LogP) is -0.578. The maximum atomic E-state index is 12.7. The summed E-state index contributed by atoms with van der Waals surface area (Å²) in [5.74, 6) is 0.153. The summed E-state index contributed by atoms with van der Waals surface area (Å²) < 4.78 is 24.2. The lowest BCUT2D eigenvalue weighted by Gasteiger charge is -2.44. The van der Waals surface area contributed by atoms with Crippen molar-refractivity contribution in [1.82, 2.24) is 20.0 Å². The summed E-state index contributed by atoms with van der Waals surface area (Å²) in [6.07, 6.45) is 1.65.